The smallest absolute Gasteiger partial charge is 0.255 e. The van der Waals surface area contributed by atoms with Gasteiger partial charge in [0.1, 0.15) is 12.4 Å². The molecule has 1 fully saturated rings. The largest absolute Gasteiger partial charge is 0.370 e. The van der Waals surface area contributed by atoms with Crippen LogP contribution in [0.25, 0.3) is 22.5 Å². The molecule has 2 aromatic heterocycles. The molecule has 0 saturated carbocycles. The van der Waals surface area contributed by atoms with Crippen molar-refractivity contribution in [3.05, 3.63) is 95.2 Å². The number of aromatic nitrogens is 4. The topological polar surface area (TPSA) is 73.1 Å². The average molecular weight is 425 g/mol. The Balaban J connectivity index is 1.50. The number of hydrogen-bond donors (Lipinski definition) is 0. The van der Waals surface area contributed by atoms with E-state index >= 15 is 0 Å². The first-order valence-corrected chi connectivity index (χ1v) is 10.6. The Morgan fingerprint density at radius 3 is 2.62 bits per heavy atom. The zero-order chi connectivity index (χ0) is 21.9. The standard InChI is InChI=1S/C25H23N5O2/c1-29-24(31)15-22(21-11-12-26-17-27-21)28-25(29)30-13-14-32-23(16-30)20-10-6-5-9-19(20)18-7-3-2-4-8-18/h2-12,15,17,23H,13-14,16H2,1H3. The van der Waals surface area contributed by atoms with Crippen LogP contribution in [0.1, 0.15) is 11.7 Å². The van der Waals surface area contributed by atoms with Gasteiger partial charge in [0.25, 0.3) is 5.56 Å². The second-order valence-electron chi connectivity index (χ2n) is 7.69. The Morgan fingerprint density at radius 1 is 1.00 bits per heavy atom. The van der Waals surface area contributed by atoms with E-state index in [0.29, 0.717) is 37.0 Å². The van der Waals surface area contributed by atoms with E-state index < -0.39 is 0 Å². The summed E-state index contributed by atoms with van der Waals surface area (Å²) in [7, 11) is 1.75. The van der Waals surface area contributed by atoms with E-state index in [-0.39, 0.29) is 11.7 Å². The number of nitrogens with zero attached hydrogens (tertiary/aromatic N) is 5. The number of ether oxygens (including phenoxy) is 1. The lowest BCUT2D eigenvalue weighted by Crippen LogP contribution is -2.41. The van der Waals surface area contributed by atoms with E-state index in [1.165, 1.54) is 12.4 Å². The Hall–Kier alpha value is -3.84. The van der Waals surface area contributed by atoms with Crippen LogP contribution in [-0.2, 0) is 11.8 Å². The molecule has 1 unspecified atom stereocenters. The Bertz CT molecular complexity index is 1270. The Morgan fingerprint density at radius 2 is 1.81 bits per heavy atom. The highest BCUT2D eigenvalue weighted by Gasteiger charge is 2.27. The molecular weight excluding hydrogens is 402 g/mol. The van der Waals surface area contributed by atoms with Crippen LogP contribution in [0.5, 0.6) is 0 Å². The second kappa shape index (κ2) is 8.72. The molecule has 0 radical (unpaired) electrons. The summed E-state index contributed by atoms with van der Waals surface area (Å²) >= 11 is 0. The number of morpholine rings is 1. The summed E-state index contributed by atoms with van der Waals surface area (Å²) in [5, 5.41) is 0. The molecule has 1 aliphatic heterocycles. The number of hydrogen-bond acceptors (Lipinski definition) is 6. The molecule has 32 heavy (non-hydrogen) atoms. The van der Waals surface area contributed by atoms with Gasteiger partial charge in [-0.25, -0.2) is 15.0 Å². The minimum atomic E-state index is -0.139. The van der Waals surface area contributed by atoms with Crippen molar-refractivity contribution in [2.75, 3.05) is 24.6 Å². The van der Waals surface area contributed by atoms with Gasteiger partial charge >= 0.3 is 0 Å². The first-order valence-electron chi connectivity index (χ1n) is 10.6. The molecule has 1 saturated heterocycles. The van der Waals surface area contributed by atoms with Crippen LogP contribution in [0.3, 0.4) is 0 Å². The van der Waals surface area contributed by atoms with Gasteiger partial charge in [-0.15, -0.1) is 0 Å². The van der Waals surface area contributed by atoms with Gasteiger partial charge in [-0.1, -0.05) is 54.6 Å². The first-order chi connectivity index (χ1) is 15.7. The highest BCUT2D eigenvalue weighted by Crippen LogP contribution is 2.33. The van der Waals surface area contributed by atoms with Gasteiger partial charge in [-0.3, -0.25) is 9.36 Å². The van der Waals surface area contributed by atoms with Crippen molar-refractivity contribution in [3.8, 4) is 22.5 Å². The van der Waals surface area contributed by atoms with E-state index in [1.807, 2.05) is 30.3 Å². The first kappa shape index (κ1) is 20.1. The van der Waals surface area contributed by atoms with Crippen LogP contribution >= 0.6 is 0 Å². The van der Waals surface area contributed by atoms with Crippen molar-refractivity contribution in [1.29, 1.82) is 0 Å². The summed E-state index contributed by atoms with van der Waals surface area (Å²) in [6, 6.07) is 21.9. The second-order valence-corrected chi connectivity index (χ2v) is 7.69. The molecule has 0 N–H and O–H groups in total. The summed E-state index contributed by atoms with van der Waals surface area (Å²) in [4.78, 5) is 27.8. The minimum absolute atomic E-state index is 0.128. The lowest BCUT2D eigenvalue weighted by molar-refractivity contribution is 0.0393. The van der Waals surface area contributed by atoms with Crippen LogP contribution in [-0.4, -0.2) is 39.2 Å². The zero-order valence-corrected chi connectivity index (χ0v) is 17.8. The van der Waals surface area contributed by atoms with E-state index in [4.69, 9.17) is 9.72 Å². The summed E-state index contributed by atoms with van der Waals surface area (Å²) in [5.74, 6) is 0.608. The maximum absolute atomic E-state index is 12.7. The number of rotatable bonds is 4. The number of anilines is 1. The molecule has 0 bridgehead atoms. The molecule has 3 heterocycles. The van der Waals surface area contributed by atoms with Crippen molar-refractivity contribution in [2.24, 2.45) is 7.05 Å². The lowest BCUT2D eigenvalue weighted by atomic mass is 9.95. The fourth-order valence-corrected chi connectivity index (χ4v) is 4.06. The van der Waals surface area contributed by atoms with Crippen molar-refractivity contribution in [3.63, 3.8) is 0 Å². The molecule has 7 nitrogen and oxygen atoms in total. The van der Waals surface area contributed by atoms with Gasteiger partial charge in [0.15, 0.2) is 0 Å². The van der Waals surface area contributed by atoms with E-state index in [0.717, 1.165) is 16.7 Å². The fourth-order valence-electron chi connectivity index (χ4n) is 4.06. The maximum Gasteiger partial charge on any atom is 0.255 e. The van der Waals surface area contributed by atoms with E-state index in [2.05, 4.69) is 39.1 Å². The van der Waals surface area contributed by atoms with Crippen LogP contribution < -0.4 is 10.5 Å². The molecule has 5 rings (SSSR count). The Labute approximate surface area is 186 Å². The van der Waals surface area contributed by atoms with Crippen LogP contribution in [0.15, 0.2) is 84.0 Å². The summed E-state index contributed by atoms with van der Waals surface area (Å²) < 4.78 is 7.76. The van der Waals surface area contributed by atoms with E-state index in [9.17, 15) is 4.79 Å². The summed E-state index contributed by atoms with van der Waals surface area (Å²) in [6.07, 6.45) is 2.96. The van der Waals surface area contributed by atoms with Crippen molar-refractivity contribution < 1.29 is 4.74 Å². The predicted molar refractivity (Wildman–Crippen MR) is 123 cm³/mol. The molecule has 0 spiro atoms. The van der Waals surface area contributed by atoms with Gasteiger partial charge in [-0.2, -0.15) is 0 Å². The van der Waals surface area contributed by atoms with Crippen molar-refractivity contribution in [1.82, 2.24) is 19.5 Å². The SMILES string of the molecule is Cn1c(N2CCOC(c3ccccc3-c3ccccc3)C2)nc(-c2ccncn2)cc1=O. The molecule has 0 amide bonds. The molecule has 160 valence electrons. The summed E-state index contributed by atoms with van der Waals surface area (Å²) in [5.41, 5.74) is 4.46. The van der Waals surface area contributed by atoms with Crippen LogP contribution in [0.2, 0.25) is 0 Å². The van der Waals surface area contributed by atoms with Crippen molar-refractivity contribution in [2.45, 2.75) is 6.10 Å². The quantitative estimate of drug-likeness (QED) is 0.498. The highest BCUT2D eigenvalue weighted by atomic mass is 16.5. The molecule has 2 aromatic carbocycles. The fraction of sp³-hybridized carbons (Fsp3) is 0.200. The maximum atomic E-state index is 12.7. The lowest BCUT2D eigenvalue weighted by Gasteiger charge is -2.35. The third kappa shape index (κ3) is 3.90. The predicted octanol–water partition coefficient (Wildman–Crippen LogP) is 3.48. The normalized spacial score (nSPS) is 16.2. The minimum Gasteiger partial charge on any atom is -0.370 e. The monoisotopic (exact) mass is 425 g/mol. The zero-order valence-electron chi connectivity index (χ0n) is 17.8. The van der Waals surface area contributed by atoms with Gasteiger partial charge in [0, 0.05) is 25.9 Å². The average Bonchev–Trinajstić information content (AvgIpc) is 2.87. The third-order valence-corrected chi connectivity index (χ3v) is 5.70. The molecule has 7 heteroatoms. The Kier molecular flexibility index (Phi) is 5.47. The van der Waals surface area contributed by atoms with Gasteiger partial charge in [-0.05, 0) is 22.8 Å². The molecule has 1 aliphatic rings. The number of benzene rings is 2. The molecular formula is C25H23N5O2. The highest BCUT2D eigenvalue weighted by molar-refractivity contribution is 5.68. The molecule has 1 atom stereocenters. The molecule has 0 aliphatic carbocycles. The van der Waals surface area contributed by atoms with E-state index in [1.54, 1.807) is 23.9 Å². The van der Waals surface area contributed by atoms with Crippen molar-refractivity contribution >= 4 is 5.95 Å². The van der Waals surface area contributed by atoms with Gasteiger partial charge in [0.05, 0.1) is 24.5 Å². The van der Waals surface area contributed by atoms with Crippen LogP contribution in [0, 0.1) is 0 Å². The molecule has 4 aromatic rings. The van der Waals surface area contributed by atoms with Gasteiger partial charge < -0.3 is 9.64 Å². The van der Waals surface area contributed by atoms with Gasteiger partial charge in [0.2, 0.25) is 5.95 Å². The third-order valence-electron chi connectivity index (χ3n) is 5.70. The summed E-state index contributed by atoms with van der Waals surface area (Å²) in [6.45, 7) is 1.79. The van der Waals surface area contributed by atoms with Crippen LogP contribution in [0.4, 0.5) is 5.95 Å².